The van der Waals surface area contributed by atoms with Crippen LogP contribution in [0.3, 0.4) is 0 Å². The molecule has 2 saturated carbocycles. The molecular weight excluding hydrogens is 266 g/mol. The van der Waals surface area contributed by atoms with Gasteiger partial charge in [-0.1, -0.05) is 23.7 Å². The number of nitrogens with zero attached hydrogens (tertiary/aromatic N) is 2. The molecule has 0 unspecified atom stereocenters. The monoisotopic (exact) mass is 283 g/mol. The Labute approximate surface area is 122 Å². The van der Waals surface area contributed by atoms with Crippen molar-refractivity contribution in [2.24, 2.45) is 0 Å². The molecule has 1 aromatic carbocycles. The van der Waals surface area contributed by atoms with E-state index in [0.717, 1.165) is 37.1 Å². The van der Waals surface area contributed by atoms with Crippen molar-refractivity contribution in [3.63, 3.8) is 0 Å². The molecule has 5 heteroatoms. The number of amides is 1. The minimum Gasteiger partial charge on any atom is -0.349 e. The third-order valence-corrected chi connectivity index (χ3v) is 4.19. The zero-order valence-electron chi connectivity index (χ0n) is 11.7. The molecule has 2 aliphatic carbocycles. The predicted molar refractivity (Wildman–Crippen MR) is 76.8 cm³/mol. The van der Waals surface area contributed by atoms with Crippen molar-refractivity contribution in [1.29, 1.82) is 0 Å². The number of aromatic nitrogens is 2. The fourth-order valence-electron chi connectivity index (χ4n) is 2.47. The molecule has 21 heavy (non-hydrogen) atoms. The van der Waals surface area contributed by atoms with Crippen molar-refractivity contribution in [1.82, 2.24) is 15.5 Å². The van der Waals surface area contributed by atoms with Crippen molar-refractivity contribution >= 4 is 5.91 Å². The number of carbonyl (C=O) groups is 1. The van der Waals surface area contributed by atoms with Crippen LogP contribution in [0, 0.1) is 0 Å². The van der Waals surface area contributed by atoms with Crippen molar-refractivity contribution in [3.8, 4) is 11.4 Å². The van der Waals surface area contributed by atoms with Crippen molar-refractivity contribution in [2.75, 3.05) is 0 Å². The average molecular weight is 283 g/mol. The highest BCUT2D eigenvalue weighted by Crippen LogP contribution is 2.36. The normalized spacial score (nSPS) is 18.3. The first-order valence-corrected chi connectivity index (χ1v) is 7.54. The van der Waals surface area contributed by atoms with Gasteiger partial charge in [-0.2, -0.15) is 4.98 Å². The number of hydrogen-bond donors (Lipinski definition) is 1. The minimum absolute atomic E-state index is 0.0259. The van der Waals surface area contributed by atoms with Gasteiger partial charge < -0.3 is 9.84 Å². The third-order valence-electron chi connectivity index (χ3n) is 4.19. The minimum atomic E-state index is -0.0259. The molecule has 5 nitrogen and oxygen atoms in total. The Bertz CT molecular complexity index is 672. The van der Waals surface area contributed by atoms with Gasteiger partial charge in [-0.25, -0.2) is 0 Å². The molecule has 1 amide bonds. The van der Waals surface area contributed by atoms with Crippen molar-refractivity contribution in [3.05, 3.63) is 35.7 Å². The second-order valence-corrected chi connectivity index (χ2v) is 5.91. The van der Waals surface area contributed by atoms with Crippen LogP contribution in [0.25, 0.3) is 11.4 Å². The molecule has 1 heterocycles. The number of carbonyl (C=O) groups excluding carboxylic acids is 1. The Morgan fingerprint density at radius 2 is 2.10 bits per heavy atom. The summed E-state index contributed by atoms with van der Waals surface area (Å²) >= 11 is 0. The fourth-order valence-corrected chi connectivity index (χ4v) is 2.47. The van der Waals surface area contributed by atoms with E-state index in [-0.39, 0.29) is 5.91 Å². The zero-order valence-corrected chi connectivity index (χ0v) is 11.7. The number of rotatable bonds is 4. The maximum absolute atomic E-state index is 12.1. The van der Waals surface area contributed by atoms with Crippen LogP contribution >= 0.6 is 0 Å². The Morgan fingerprint density at radius 3 is 2.81 bits per heavy atom. The summed E-state index contributed by atoms with van der Waals surface area (Å²) in [4.78, 5) is 16.5. The molecule has 108 valence electrons. The van der Waals surface area contributed by atoms with E-state index in [9.17, 15) is 4.79 Å². The summed E-state index contributed by atoms with van der Waals surface area (Å²) in [5.74, 6) is 1.69. The van der Waals surface area contributed by atoms with Gasteiger partial charge in [-0.15, -0.1) is 0 Å². The maximum atomic E-state index is 12.1. The van der Waals surface area contributed by atoms with Crippen LogP contribution < -0.4 is 5.32 Å². The van der Waals surface area contributed by atoms with Gasteiger partial charge in [-0.05, 0) is 37.8 Å². The number of benzene rings is 1. The molecular formula is C16H17N3O2. The predicted octanol–water partition coefficient (Wildman–Crippen LogP) is 2.90. The van der Waals surface area contributed by atoms with Gasteiger partial charge in [0.05, 0.1) is 0 Å². The summed E-state index contributed by atoms with van der Waals surface area (Å²) in [6, 6.07) is 7.76. The van der Waals surface area contributed by atoms with Crippen LogP contribution in [0.15, 0.2) is 28.8 Å². The first-order chi connectivity index (χ1) is 10.3. The lowest BCUT2D eigenvalue weighted by Gasteiger charge is -2.20. The van der Waals surface area contributed by atoms with Crippen LogP contribution in [0.5, 0.6) is 0 Å². The van der Waals surface area contributed by atoms with Gasteiger partial charge in [0, 0.05) is 23.1 Å². The molecule has 2 fully saturated rings. The topological polar surface area (TPSA) is 68.0 Å². The van der Waals surface area contributed by atoms with E-state index in [1.54, 1.807) is 0 Å². The third kappa shape index (κ3) is 2.55. The van der Waals surface area contributed by atoms with E-state index in [1.807, 2.05) is 24.3 Å². The van der Waals surface area contributed by atoms with Gasteiger partial charge in [-0.3, -0.25) is 4.79 Å². The molecule has 2 aromatic rings. The summed E-state index contributed by atoms with van der Waals surface area (Å²) in [7, 11) is 0. The SMILES string of the molecule is O=C(NC1CC1)c1cccc(-c2noc(C3CCC3)n2)c1. The van der Waals surface area contributed by atoms with Crippen molar-refractivity contribution < 1.29 is 9.32 Å². The maximum Gasteiger partial charge on any atom is 0.251 e. The van der Waals surface area contributed by atoms with E-state index in [1.165, 1.54) is 6.42 Å². The highest BCUT2D eigenvalue weighted by Gasteiger charge is 2.26. The molecule has 2 aliphatic rings. The second kappa shape index (κ2) is 4.98. The molecule has 0 saturated heterocycles. The molecule has 1 aromatic heterocycles. The standard InChI is InChI=1S/C16H17N3O2/c20-15(17-13-7-8-13)12-6-2-5-11(9-12)14-18-16(21-19-14)10-3-1-4-10/h2,5-6,9-10,13H,1,3-4,7-8H2,(H,17,20). The van der Waals surface area contributed by atoms with Gasteiger partial charge in [0.1, 0.15) is 0 Å². The van der Waals surface area contributed by atoms with E-state index in [0.29, 0.717) is 23.3 Å². The first-order valence-electron chi connectivity index (χ1n) is 7.54. The Balaban J connectivity index is 1.56. The van der Waals surface area contributed by atoms with E-state index in [2.05, 4.69) is 15.5 Å². The summed E-state index contributed by atoms with van der Waals surface area (Å²) < 4.78 is 5.34. The largest absolute Gasteiger partial charge is 0.349 e. The molecule has 0 spiro atoms. The van der Waals surface area contributed by atoms with Gasteiger partial charge in [0.15, 0.2) is 0 Å². The highest BCUT2D eigenvalue weighted by molar-refractivity contribution is 5.95. The quantitative estimate of drug-likeness (QED) is 0.936. The highest BCUT2D eigenvalue weighted by atomic mass is 16.5. The van der Waals surface area contributed by atoms with Gasteiger partial charge in [0.25, 0.3) is 5.91 Å². The van der Waals surface area contributed by atoms with Crippen molar-refractivity contribution in [2.45, 2.75) is 44.1 Å². The summed E-state index contributed by atoms with van der Waals surface area (Å²) in [5, 5.41) is 7.03. The first kappa shape index (κ1) is 12.6. The summed E-state index contributed by atoms with van der Waals surface area (Å²) in [6.45, 7) is 0. The fraction of sp³-hybridized carbons (Fsp3) is 0.438. The van der Waals surface area contributed by atoms with Crippen LogP contribution in [0.4, 0.5) is 0 Å². The molecule has 4 rings (SSSR count). The average Bonchev–Trinajstić information content (AvgIpc) is 3.12. The number of nitrogens with one attached hydrogen (secondary N) is 1. The smallest absolute Gasteiger partial charge is 0.251 e. The Hall–Kier alpha value is -2.17. The zero-order chi connectivity index (χ0) is 14.2. The molecule has 0 bridgehead atoms. The van der Waals surface area contributed by atoms with E-state index >= 15 is 0 Å². The van der Waals surface area contributed by atoms with Gasteiger partial charge >= 0.3 is 0 Å². The summed E-state index contributed by atoms with van der Waals surface area (Å²) in [6.07, 6.45) is 5.66. The van der Waals surface area contributed by atoms with Gasteiger partial charge in [0.2, 0.25) is 11.7 Å². The van der Waals surface area contributed by atoms with Crippen LogP contribution in [0.2, 0.25) is 0 Å². The van der Waals surface area contributed by atoms with Crippen LogP contribution in [-0.4, -0.2) is 22.1 Å². The molecule has 0 aliphatic heterocycles. The Kier molecular flexibility index (Phi) is 2.98. The van der Waals surface area contributed by atoms with Crippen LogP contribution in [0.1, 0.15) is 54.3 Å². The summed E-state index contributed by atoms with van der Waals surface area (Å²) in [5.41, 5.74) is 1.47. The van der Waals surface area contributed by atoms with Crippen LogP contribution in [-0.2, 0) is 0 Å². The molecule has 1 N–H and O–H groups in total. The van der Waals surface area contributed by atoms with E-state index in [4.69, 9.17) is 4.52 Å². The lowest BCUT2D eigenvalue weighted by Crippen LogP contribution is -2.25. The second-order valence-electron chi connectivity index (χ2n) is 5.91. The molecule has 0 atom stereocenters. The Morgan fingerprint density at radius 1 is 1.24 bits per heavy atom. The number of hydrogen-bond acceptors (Lipinski definition) is 4. The lowest BCUT2D eigenvalue weighted by atomic mass is 9.85. The lowest BCUT2D eigenvalue weighted by molar-refractivity contribution is 0.0951. The molecule has 0 radical (unpaired) electrons. The van der Waals surface area contributed by atoms with E-state index < -0.39 is 0 Å².